The van der Waals surface area contributed by atoms with Crippen molar-refractivity contribution in [2.75, 3.05) is 18.4 Å². The molecule has 1 saturated heterocycles. The van der Waals surface area contributed by atoms with Crippen molar-refractivity contribution in [3.8, 4) is 5.75 Å². The molecule has 1 atom stereocenters. The van der Waals surface area contributed by atoms with Gasteiger partial charge in [0.05, 0.1) is 17.8 Å². The maximum atomic E-state index is 12.5. The van der Waals surface area contributed by atoms with E-state index in [9.17, 15) is 4.79 Å². The number of hydrogen-bond donors (Lipinski definition) is 2. The highest BCUT2D eigenvalue weighted by atomic mass is 35.5. The van der Waals surface area contributed by atoms with E-state index in [2.05, 4.69) is 15.7 Å². The fourth-order valence-corrected chi connectivity index (χ4v) is 2.83. The molecule has 2 aromatic rings. The van der Waals surface area contributed by atoms with Crippen molar-refractivity contribution < 1.29 is 9.53 Å². The van der Waals surface area contributed by atoms with Gasteiger partial charge in [0.1, 0.15) is 5.75 Å². The van der Waals surface area contributed by atoms with E-state index in [1.54, 1.807) is 6.07 Å². The number of amides is 1. The second-order valence-electron chi connectivity index (χ2n) is 6.30. The average Bonchev–Trinajstić information content (AvgIpc) is 3.07. The number of nitrogens with zero attached hydrogens (tertiary/aromatic N) is 2. The van der Waals surface area contributed by atoms with Gasteiger partial charge in [-0.1, -0.05) is 12.1 Å². The summed E-state index contributed by atoms with van der Waals surface area (Å²) >= 11 is 0. The zero-order chi connectivity index (χ0) is 16.9. The predicted octanol–water partition coefficient (Wildman–Crippen LogP) is 3.27. The van der Waals surface area contributed by atoms with Crippen LogP contribution in [0.25, 0.3) is 0 Å². The molecule has 1 aliphatic rings. The fourth-order valence-electron chi connectivity index (χ4n) is 2.83. The Morgan fingerprint density at radius 2 is 2.16 bits per heavy atom. The number of aromatic nitrogens is 2. The lowest BCUT2D eigenvalue weighted by Gasteiger charge is -2.22. The highest BCUT2D eigenvalue weighted by Gasteiger charge is 2.18. The second-order valence-corrected chi connectivity index (χ2v) is 6.30. The SMILES string of the molecule is CC(C)Oc1ccccc1NC(=O)c1ccn(C2CCCNC2)n1.Cl. The molecule has 1 aliphatic heterocycles. The lowest BCUT2D eigenvalue weighted by atomic mass is 10.1. The van der Waals surface area contributed by atoms with Crippen molar-refractivity contribution in [3.63, 3.8) is 0 Å². The molecule has 0 radical (unpaired) electrons. The van der Waals surface area contributed by atoms with E-state index in [1.165, 1.54) is 0 Å². The van der Waals surface area contributed by atoms with Gasteiger partial charge in [0.25, 0.3) is 5.91 Å². The minimum Gasteiger partial charge on any atom is -0.489 e. The number of halogens is 1. The third-order valence-electron chi connectivity index (χ3n) is 3.98. The van der Waals surface area contributed by atoms with Crippen molar-refractivity contribution in [2.45, 2.75) is 38.8 Å². The summed E-state index contributed by atoms with van der Waals surface area (Å²) in [6.07, 6.45) is 4.14. The molecule has 0 spiro atoms. The summed E-state index contributed by atoms with van der Waals surface area (Å²) in [6.45, 7) is 5.86. The van der Waals surface area contributed by atoms with Crippen LogP contribution in [0.2, 0.25) is 0 Å². The fraction of sp³-hybridized carbons (Fsp3) is 0.444. The Bertz CT molecular complexity index is 696. The van der Waals surface area contributed by atoms with Gasteiger partial charge in [0.15, 0.2) is 5.69 Å². The first kappa shape index (κ1) is 19.3. The van der Waals surface area contributed by atoms with Crippen LogP contribution in [0.5, 0.6) is 5.75 Å². The Balaban J connectivity index is 0.00000225. The molecule has 25 heavy (non-hydrogen) atoms. The molecule has 7 heteroatoms. The van der Waals surface area contributed by atoms with Gasteiger partial charge in [-0.25, -0.2) is 0 Å². The first-order valence-corrected chi connectivity index (χ1v) is 8.46. The lowest BCUT2D eigenvalue weighted by molar-refractivity contribution is 0.102. The number of anilines is 1. The normalized spacial score (nSPS) is 17.0. The van der Waals surface area contributed by atoms with Gasteiger partial charge in [-0.3, -0.25) is 9.48 Å². The van der Waals surface area contributed by atoms with Gasteiger partial charge in [-0.2, -0.15) is 5.10 Å². The number of nitrogens with one attached hydrogen (secondary N) is 2. The zero-order valence-electron chi connectivity index (χ0n) is 14.6. The monoisotopic (exact) mass is 364 g/mol. The van der Waals surface area contributed by atoms with Crippen LogP contribution in [0.3, 0.4) is 0 Å². The van der Waals surface area contributed by atoms with Gasteiger partial charge in [0, 0.05) is 12.7 Å². The molecule has 6 nitrogen and oxygen atoms in total. The molecule has 1 aromatic carbocycles. The zero-order valence-corrected chi connectivity index (χ0v) is 15.4. The Morgan fingerprint density at radius 3 is 2.88 bits per heavy atom. The molecular formula is C18H25ClN4O2. The van der Waals surface area contributed by atoms with E-state index in [1.807, 2.05) is 49.0 Å². The average molecular weight is 365 g/mol. The Hall–Kier alpha value is -2.05. The van der Waals surface area contributed by atoms with Crippen molar-refractivity contribution >= 4 is 24.0 Å². The third kappa shape index (κ3) is 4.96. The molecule has 2 heterocycles. The molecule has 1 unspecified atom stereocenters. The summed E-state index contributed by atoms with van der Waals surface area (Å²) in [5.41, 5.74) is 1.07. The minimum atomic E-state index is -0.225. The Kier molecular flexibility index (Phi) is 6.84. The molecule has 136 valence electrons. The van der Waals surface area contributed by atoms with Crippen LogP contribution in [0.1, 0.15) is 43.2 Å². The van der Waals surface area contributed by atoms with Crippen molar-refractivity contribution in [2.24, 2.45) is 0 Å². The number of hydrogen-bond acceptors (Lipinski definition) is 4. The van der Waals surface area contributed by atoms with Crippen LogP contribution in [0.4, 0.5) is 5.69 Å². The van der Waals surface area contributed by atoms with Crippen molar-refractivity contribution in [1.29, 1.82) is 0 Å². The molecule has 0 aliphatic carbocycles. The van der Waals surface area contributed by atoms with Gasteiger partial charge in [-0.15, -0.1) is 12.4 Å². The molecule has 2 N–H and O–H groups in total. The summed E-state index contributed by atoms with van der Waals surface area (Å²) in [7, 11) is 0. The van der Waals surface area contributed by atoms with Crippen LogP contribution >= 0.6 is 12.4 Å². The van der Waals surface area contributed by atoms with E-state index in [0.717, 1.165) is 25.9 Å². The maximum Gasteiger partial charge on any atom is 0.276 e. The quantitative estimate of drug-likeness (QED) is 0.854. The number of piperidine rings is 1. The molecule has 1 amide bonds. The summed E-state index contributed by atoms with van der Waals surface area (Å²) < 4.78 is 7.62. The van der Waals surface area contributed by atoms with Crippen LogP contribution in [-0.4, -0.2) is 34.9 Å². The first-order valence-electron chi connectivity index (χ1n) is 8.46. The standard InChI is InChI=1S/C18H24N4O2.ClH/c1-13(2)24-17-8-4-3-7-15(17)20-18(23)16-9-11-22(21-16)14-6-5-10-19-12-14;/h3-4,7-9,11,13-14,19H,5-6,10,12H2,1-2H3,(H,20,23);1H. The number of para-hydroxylation sites is 2. The van der Waals surface area contributed by atoms with Gasteiger partial charge in [-0.05, 0) is 51.4 Å². The Morgan fingerprint density at radius 1 is 1.36 bits per heavy atom. The predicted molar refractivity (Wildman–Crippen MR) is 101 cm³/mol. The second kappa shape index (κ2) is 8.87. The number of benzene rings is 1. The lowest BCUT2D eigenvalue weighted by Crippen LogP contribution is -2.32. The molecule has 1 aromatic heterocycles. The largest absolute Gasteiger partial charge is 0.489 e. The summed E-state index contributed by atoms with van der Waals surface area (Å²) in [6, 6.07) is 9.51. The van der Waals surface area contributed by atoms with Crippen molar-refractivity contribution in [3.05, 3.63) is 42.2 Å². The summed E-state index contributed by atoms with van der Waals surface area (Å²) in [5, 5.41) is 10.7. The number of ether oxygens (including phenoxy) is 1. The molecule has 1 fully saturated rings. The van der Waals surface area contributed by atoms with Gasteiger partial charge >= 0.3 is 0 Å². The number of rotatable bonds is 5. The van der Waals surface area contributed by atoms with Crippen molar-refractivity contribution in [1.82, 2.24) is 15.1 Å². The van der Waals surface area contributed by atoms with E-state index in [-0.39, 0.29) is 24.4 Å². The van der Waals surface area contributed by atoms with Gasteiger partial charge < -0.3 is 15.4 Å². The molecule has 0 bridgehead atoms. The first-order chi connectivity index (χ1) is 11.6. The summed E-state index contributed by atoms with van der Waals surface area (Å²) in [4.78, 5) is 12.5. The Labute approximate surface area is 154 Å². The van der Waals surface area contributed by atoms with E-state index in [4.69, 9.17) is 4.74 Å². The number of carbonyl (C=O) groups excluding carboxylic acids is 1. The van der Waals surface area contributed by atoms with E-state index >= 15 is 0 Å². The summed E-state index contributed by atoms with van der Waals surface area (Å²) in [5.74, 6) is 0.439. The highest BCUT2D eigenvalue weighted by Crippen LogP contribution is 2.25. The van der Waals surface area contributed by atoms with Crippen LogP contribution in [-0.2, 0) is 0 Å². The van der Waals surface area contributed by atoms with Gasteiger partial charge in [0.2, 0.25) is 0 Å². The van der Waals surface area contributed by atoms with Crippen LogP contribution < -0.4 is 15.4 Å². The van der Waals surface area contributed by atoms with E-state index in [0.29, 0.717) is 23.2 Å². The van der Waals surface area contributed by atoms with Crippen LogP contribution in [0.15, 0.2) is 36.5 Å². The topological polar surface area (TPSA) is 68.2 Å². The number of carbonyl (C=O) groups is 1. The molecule has 3 rings (SSSR count). The minimum absolute atomic E-state index is 0. The maximum absolute atomic E-state index is 12.5. The molecular weight excluding hydrogens is 340 g/mol. The highest BCUT2D eigenvalue weighted by molar-refractivity contribution is 6.03. The van der Waals surface area contributed by atoms with E-state index < -0.39 is 0 Å². The smallest absolute Gasteiger partial charge is 0.276 e. The third-order valence-corrected chi connectivity index (χ3v) is 3.98. The van der Waals surface area contributed by atoms with Crippen LogP contribution in [0, 0.1) is 0 Å². The molecule has 0 saturated carbocycles.